The molecular formula is C19H21N5O2S. The fourth-order valence-electron chi connectivity index (χ4n) is 2.49. The van der Waals surface area contributed by atoms with Crippen molar-refractivity contribution >= 4 is 17.7 Å². The molecule has 27 heavy (non-hydrogen) atoms. The lowest BCUT2D eigenvalue weighted by atomic mass is 10.1. The van der Waals surface area contributed by atoms with E-state index >= 15 is 0 Å². The number of carbonyl (C=O) groups excluding carboxylic acids is 1. The summed E-state index contributed by atoms with van der Waals surface area (Å²) in [6.45, 7) is 0.605. The van der Waals surface area contributed by atoms with Crippen LogP contribution in [0.2, 0.25) is 0 Å². The number of hydrogen-bond donors (Lipinski definition) is 1. The van der Waals surface area contributed by atoms with Crippen molar-refractivity contribution in [3.8, 4) is 11.4 Å². The van der Waals surface area contributed by atoms with Crippen molar-refractivity contribution in [1.82, 2.24) is 25.5 Å². The topological polar surface area (TPSA) is 81.9 Å². The SMILES string of the molecule is COc1ccc(CCNC(=O)CSCc2nnnn2-c2ccccc2)cc1. The molecule has 1 aromatic heterocycles. The molecule has 2 aromatic carbocycles. The zero-order chi connectivity index (χ0) is 18.9. The number of rotatable bonds is 9. The molecule has 0 saturated carbocycles. The number of hydrogen-bond acceptors (Lipinski definition) is 6. The van der Waals surface area contributed by atoms with Crippen molar-refractivity contribution in [2.75, 3.05) is 19.4 Å². The van der Waals surface area contributed by atoms with Gasteiger partial charge >= 0.3 is 0 Å². The van der Waals surface area contributed by atoms with Crippen LogP contribution in [0.3, 0.4) is 0 Å². The number of nitrogens with zero attached hydrogens (tertiary/aromatic N) is 4. The summed E-state index contributed by atoms with van der Waals surface area (Å²) in [7, 11) is 1.64. The predicted octanol–water partition coefficient (Wildman–Crippen LogP) is 2.26. The summed E-state index contributed by atoms with van der Waals surface area (Å²) in [6, 6.07) is 17.5. The van der Waals surface area contributed by atoms with E-state index in [9.17, 15) is 4.79 Å². The molecule has 0 unspecified atom stereocenters. The zero-order valence-corrected chi connectivity index (χ0v) is 15.9. The van der Waals surface area contributed by atoms with E-state index in [2.05, 4.69) is 20.8 Å². The van der Waals surface area contributed by atoms with Crippen LogP contribution >= 0.6 is 11.8 Å². The first-order chi connectivity index (χ1) is 13.3. The Balaban J connectivity index is 1.39. The van der Waals surface area contributed by atoms with Gasteiger partial charge in [-0.3, -0.25) is 4.79 Å². The minimum Gasteiger partial charge on any atom is -0.497 e. The zero-order valence-electron chi connectivity index (χ0n) is 15.0. The average molecular weight is 383 g/mol. The molecule has 0 aliphatic rings. The third-order valence-electron chi connectivity index (χ3n) is 3.89. The van der Waals surface area contributed by atoms with Crippen molar-refractivity contribution in [3.63, 3.8) is 0 Å². The minimum atomic E-state index is 0.00671. The average Bonchev–Trinajstić information content (AvgIpc) is 3.18. The number of para-hydroxylation sites is 1. The highest BCUT2D eigenvalue weighted by Crippen LogP contribution is 2.13. The lowest BCUT2D eigenvalue weighted by molar-refractivity contribution is -0.118. The quantitative estimate of drug-likeness (QED) is 0.610. The van der Waals surface area contributed by atoms with Crippen LogP contribution < -0.4 is 10.1 Å². The van der Waals surface area contributed by atoms with Gasteiger partial charge in [0.2, 0.25) is 5.91 Å². The second kappa shape index (κ2) is 9.72. The molecule has 0 spiro atoms. The Bertz CT molecular complexity index is 852. The Morgan fingerprint density at radius 1 is 1.15 bits per heavy atom. The number of tetrazole rings is 1. The first-order valence-electron chi connectivity index (χ1n) is 8.56. The Morgan fingerprint density at radius 2 is 1.93 bits per heavy atom. The molecule has 0 saturated heterocycles. The van der Waals surface area contributed by atoms with E-state index in [-0.39, 0.29) is 5.91 Å². The summed E-state index contributed by atoms with van der Waals surface area (Å²) in [5, 5.41) is 14.7. The smallest absolute Gasteiger partial charge is 0.230 e. The second-order valence-electron chi connectivity index (χ2n) is 5.78. The second-order valence-corrected chi connectivity index (χ2v) is 6.77. The first kappa shape index (κ1) is 18.9. The fourth-order valence-corrected chi connectivity index (χ4v) is 3.24. The minimum absolute atomic E-state index is 0.00671. The third-order valence-corrected chi connectivity index (χ3v) is 4.82. The lowest BCUT2D eigenvalue weighted by Crippen LogP contribution is -2.27. The van der Waals surface area contributed by atoms with Crippen molar-refractivity contribution in [1.29, 1.82) is 0 Å². The van der Waals surface area contributed by atoms with Gasteiger partial charge in [-0.05, 0) is 46.7 Å². The largest absolute Gasteiger partial charge is 0.497 e. The van der Waals surface area contributed by atoms with Crippen LogP contribution in [0.15, 0.2) is 54.6 Å². The van der Waals surface area contributed by atoms with Gasteiger partial charge in [0, 0.05) is 6.54 Å². The summed E-state index contributed by atoms with van der Waals surface area (Å²) < 4.78 is 6.82. The highest BCUT2D eigenvalue weighted by atomic mass is 32.2. The molecule has 0 fully saturated rings. The molecule has 0 atom stereocenters. The standard InChI is InChI=1S/C19H21N5O2S/c1-26-17-9-7-15(8-10-17)11-12-20-19(25)14-27-13-18-21-22-23-24(18)16-5-3-2-4-6-16/h2-10H,11-14H2,1H3,(H,20,25). The number of methoxy groups -OCH3 is 1. The summed E-state index contributed by atoms with van der Waals surface area (Å²) in [5.41, 5.74) is 2.06. The number of thioether (sulfide) groups is 1. The van der Waals surface area contributed by atoms with Crippen LogP contribution in [0.25, 0.3) is 5.69 Å². The molecule has 1 heterocycles. The van der Waals surface area contributed by atoms with Crippen LogP contribution in [0.4, 0.5) is 0 Å². The summed E-state index contributed by atoms with van der Waals surface area (Å²) in [6.07, 6.45) is 0.784. The molecule has 140 valence electrons. The number of ether oxygens (including phenoxy) is 1. The van der Waals surface area contributed by atoms with Gasteiger partial charge < -0.3 is 10.1 Å². The van der Waals surface area contributed by atoms with Crippen LogP contribution in [0.1, 0.15) is 11.4 Å². The predicted molar refractivity (Wildman–Crippen MR) is 105 cm³/mol. The maximum Gasteiger partial charge on any atom is 0.230 e. The van der Waals surface area contributed by atoms with Gasteiger partial charge in [-0.1, -0.05) is 30.3 Å². The molecule has 1 N–H and O–H groups in total. The number of amides is 1. The van der Waals surface area contributed by atoms with Crippen LogP contribution in [0.5, 0.6) is 5.75 Å². The van der Waals surface area contributed by atoms with Gasteiger partial charge in [-0.15, -0.1) is 16.9 Å². The normalized spacial score (nSPS) is 10.6. The van der Waals surface area contributed by atoms with Gasteiger partial charge in [-0.25, -0.2) is 0 Å². The van der Waals surface area contributed by atoms with Crippen LogP contribution in [-0.2, 0) is 17.0 Å². The molecular weight excluding hydrogens is 362 g/mol. The molecule has 0 radical (unpaired) electrons. The van der Waals surface area contributed by atoms with E-state index in [0.717, 1.165) is 29.2 Å². The van der Waals surface area contributed by atoms with Gasteiger partial charge in [-0.2, -0.15) is 4.68 Å². The highest BCUT2D eigenvalue weighted by molar-refractivity contribution is 7.99. The number of nitrogens with one attached hydrogen (secondary N) is 1. The van der Waals surface area contributed by atoms with Crippen LogP contribution in [0, 0.1) is 0 Å². The van der Waals surface area contributed by atoms with Crippen LogP contribution in [-0.4, -0.2) is 45.5 Å². The first-order valence-corrected chi connectivity index (χ1v) is 9.72. The molecule has 0 bridgehead atoms. The summed E-state index contributed by atoms with van der Waals surface area (Å²) >= 11 is 1.49. The van der Waals surface area contributed by atoms with Gasteiger partial charge in [0.05, 0.1) is 24.3 Å². The van der Waals surface area contributed by atoms with E-state index < -0.39 is 0 Å². The molecule has 8 heteroatoms. The Kier molecular flexibility index (Phi) is 6.81. The van der Waals surface area contributed by atoms with E-state index in [1.54, 1.807) is 11.8 Å². The number of aromatic nitrogens is 4. The summed E-state index contributed by atoms with van der Waals surface area (Å²) in [4.78, 5) is 12.0. The van der Waals surface area contributed by atoms with E-state index in [1.165, 1.54) is 11.8 Å². The monoisotopic (exact) mass is 383 g/mol. The maximum atomic E-state index is 12.0. The molecule has 3 aromatic rings. The van der Waals surface area contributed by atoms with E-state index in [4.69, 9.17) is 4.74 Å². The van der Waals surface area contributed by atoms with Crippen molar-refractivity contribution in [2.45, 2.75) is 12.2 Å². The molecule has 0 aliphatic heterocycles. The Morgan fingerprint density at radius 3 is 2.67 bits per heavy atom. The highest BCUT2D eigenvalue weighted by Gasteiger charge is 2.09. The van der Waals surface area contributed by atoms with Crippen molar-refractivity contribution in [2.24, 2.45) is 0 Å². The molecule has 7 nitrogen and oxygen atoms in total. The summed E-state index contributed by atoms with van der Waals surface area (Å²) in [5.74, 6) is 2.49. The van der Waals surface area contributed by atoms with Gasteiger partial charge in [0.15, 0.2) is 5.82 Å². The molecule has 0 aliphatic carbocycles. The van der Waals surface area contributed by atoms with Crippen molar-refractivity contribution in [3.05, 3.63) is 66.0 Å². The lowest BCUT2D eigenvalue weighted by Gasteiger charge is -2.07. The molecule has 3 rings (SSSR count). The number of benzene rings is 2. The number of carbonyl (C=O) groups is 1. The molecule has 1 amide bonds. The Hall–Kier alpha value is -2.87. The fraction of sp³-hybridized carbons (Fsp3) is 0.263. The maximum absolute atomic E-state index is 12.0. The van der Waals surface area contributed by atoms with E-state index in [0.29, 0.717) is 18.1 Å². The van der Waals surface area contributed by atoms with Crippen molar-refractivity contribution < 1.29 is 9.53 Å². The third kappa shape index (κ3) is 5.55. The Labute approximate surface area is 162 Å². The van der Waals surface area contributed by atoms with Gasteiger partial charge in [0.25, 0.3) is 0 Å². The van der Waals surface area contributed by atoms with E-state index in [1.807, 2.05) is 54.6 Å². The van der Waals surface area contributed by atoms with Gasteiger partial charge in [0.1, 0.15) is 5.75 Å².